The van der Waals surface area contributed by atoms with Gasteiger partial charge in [-0.3, -0.25) is 4.79 Å². The van der Waals surface area contributed by atoms with Crippen LogP contribution in [0, 0.1) is 5.92 Å². The Kier molecular flexibility index (Phi) is 5.92. The molecular weight excluding hydrogens is 216 g/mol. The van der Waals surface area contributed by atoms with Crippen LogP contribution in [0.25, 0.3) is 0 Å². The summed E-state index contributed by atoms with van der Waals surface area (Å²) in [6, 6.07) is 0.499. The smallest absolute Gasteiger partial charge is 0.229 e. The fourth-order valence-corrected chi connectivity index (χ4v) is 2.35. The first kappa shape index (κ1) is 14.5. The van der Waals surface area contributed by atoms with Crippen molar-refractivity contribution in [1.82, 2.24) is 10.2 Å². The van der Waals surface area contributed by atoms with E-state index in [0.717, 1.165) is 19.4 Å². The molecule has 0 radical (unpaired) electrons. The van der Waals surface area contributed by atoms with E-state index in [0.29, 0.717) is 19.3 Å². The van der Waals surface area contributed by atoms with Gasteiger partial charge in [-0.05, 0) is 19.9 Å². The molecule has 3 atom stereocenters. The summed E-state index contributed by atoms with van der Waals surface area (Å²) in [6.45, 7) is 8.41. The Balaban J connectivity index is 2.55. The minimum Gasteiger partial charge on any atom is -0.379 e. The first-order chi connectivity index (χ1) is 8.11. The number of rotatable bonds is 6. The maximum atomic E-state index is 12.4. The molecule has 1 aliphatic rings. The molecule has 0 aliphatic carbocycles. The van der Waals surface area contributed by atoms with E-state index in [4.69, 9.17) is 4.74 Å². The minimum absolute atomic E-state index is 0.0146. The third kappa shape index (κ3) is 3.68. The van der Waals surface area contributed by atoms with Gasteiger partial charge in [0, 0.05) is 19.1 Å². The lowest BCUT2D eigenvalue weighted by Crippen LogP contribution is -2.47. The van der Waals surface area contributed by atoms with Crippen LogP contribution in [0.4, 0.5) is 0 Å². The summed E-state index contributed by atoms with van der Waals surface area (Å²) in [7, 11) is 1.91. The Hall–Kier alpha value is -0.610. The molecule has 1 aliphatic heterocycles. The lowest BCUT2D eigenvalue weighted by Gasteiger charge is -2.29. The average Bonchev–Trinajstić information content (AvgIpc) is 2.76. The molecule has 100 valence electrons. The zero-order valence-electron chi connectivity index (χ0n) is 11.5. The van der Waals surface area contributed by atoms with Gasteiger partial charge < -0.3 is 15.0 Å². The van der Waals surface area contributed by atoms with Gasteiger partial charge in [0.05, 0.1) is 19.1 Å². The molecule has 0 aromatic rings. The maximum absolute atomic E-state index is 12.4. The van der Waals surface area contributed by atoms with Gasteiger partial charge in [-0.15, -0.1) is 0 Å². The average molecular weight is 242 g/mol. The molecule has 3 unspecified atom stereocenters. The Morgan fingerprint density at radius 2 is 2.18 bits per heavy atom. The van der Waals surface area contributed by atoms with Crippen molar-refractivity contribution in [2.24, 2.45) is 5.92 Å². The van der Waals surface area contributed by atoms with Gasteiger partial charge in [0.2, 0.25) is 5.91 Å². The normalized spacial score (nSPS) is 25.9. The third-order valence-electron chi connectivity index (χ3n) is 3.58. The first-order valence-electron chi connectivity index (χ1n) is 6.69. The maximum Gasteiger partial charge on any atom is 0.229 e. The number of ether oxygens (including phenoxy) is 1. The molecule has 1 N–H and O–H groups in total. The Morgan fingerprint density at radius 3 is 2.76 bits per heavy atom. The van der Waals surface area contributed by atoms with E-state index in [1.807, 2.05) is 11.9 Å². The fourth-order valence-electron chi connectivity index (χ4n) is 2.35. The molecule has 1 amide bonds. The number of hydrogen-bond acceptors (Lipinski definition) is 3. The van der Waals surface area contributed by atoms with Crippen molar-refractivity contribution in [2.75, 3.05) is 26.8 Å². The second-order valence-electron chi connectivity index (χ2n) is 4.89. The summed E-state index contributed by atoms with van der Waals surface area (Å²) >= 11 is 0. The molecule has 1 heterocycles. The molecule has 0 aromatic carbocycles. The SMILES string of the molecule is CCCC(C)N(C)C(=O)C1COCC1NCC. The highest BCUT2D eigenvalue weighted by molar-refractivity contribution is 5.80. The van der Waals surface area contributed by atoms with Crippen molar-refractivity contribution in [2.45, 2.75) is 45.7 Å². The number of carbonyl (C=O) groups is 1. The summed E-state index contributed by atoms with van der Waals surface area (Å²) in [5.41, 5.74) is 0. The monoisotopic (exact) mass is 242 g/mol. The van der Waals surface area contributed by atoms with Crippen LogP contribution in [0.1, 0.15) is 33.6 Å². The van der Waals surface area contributed by atoms with Crippen LogP contribution < -0.4 is 5.32 Å². The number of carbonyl (C=O) groups excluding carboxylic acids is 1. The van der Waals surface area contributed by atoms with Crippen molar-refractivity contribution >= 4 is 5.91 Å². The summed E-state index contributed by atoms with van der Waals surface area (Å²) in [6.07, 6.45) is 2.16. The standard InChI is InChI=1S/C13H26N2O2/c1-5-7-10(3)15(4)13(16)11-8-17-9-12(11)14-6-2/h10-12,14H,5-9H2,1-4H3. The predicted molar refractivity (Wildman–Crippen MR) is 68.9 cm³/mol. The number of likely N-dealkylation sites (N-methyl/N-ethyl adjacent to an activating group) is 1. The van der Waals surface area contributed by atoms with Gasteiger partial charge in [-0.2, -0.15) is 0 Å². The lowest BCUT2D eigenvalue weighted by molar-refractivity contribution is -0.136. The Bertz CT molecular complexity index is 246. The van der Waals surface area contributed by atoms with Crippen LogP contribution in [0.5, 0.6) is 0 Å². The first-order valence-corrected chi connectivity index (χ1v) is 6.69. The zero-order valence-corrected chi connectivity index (χ0v) is 11.5. The number of nitrogens with one attached hydrogen (secondary N) is 1. The van der Waals surface area contributed by atoms with E-state index in [-0.39, 0.29) is 17.9 Å². The summed E-state index contributed by atoms with van der Waals surface area (Å²) < 4.78 is 5.42. The van der Waals surface area contributed by atoms with Crippen LogP contribution in [0.2, 0.25) is 0 Å². The Morgan fingerprint density at radius 1 is 1.47 bits per heavy atom. The fraction of sp³-hybridized carbons (Fsp3) is 0.923. The van der Waals surface area contributed by atoms with Crippen molar-refractivity contribution in [3.8, 4) is 0 Å². The van der Waals surface area contributed by atoms with Crippen molar-refractivity contribution < 1.29 is 9.53 Å². The predicted octanol–water partition coefficient (Wildman–Crippen LogP) is 1.26. The van der Waals surface area contributed by atoms with Gasteiger partial charge in [0.1, 0.15) is 0 Å². The van der Waals surface area contributed by atoms with Crippen molar-refractivity contribution in [3.05, 3.63) is 0 Å². The summed E-state index contributed by atoms with van der Waals surface area (Å²) in [4.78, 5) is 14.2. The molecule has 0 spiro atoms. The second kappa shape index (κ2) is 6.97. The van der Waals surface area contributed by atoms with Gasteiger partial charge in [-0.1, -0.05) is 20.3 Å². The van der Waals surface area contributed by atoms with E-state index in [9.17, 15) is 4.79 Å². The largest absolute Gasteiger partial charge is 0.379 e. The van der Waals surface area contributed by atoms with Gasteiger partial charge >= 0.3 is 0 Å². The molecule has 4 heteroatoms. The molecule has 1 rings (SSSR count). The molecule has 0 bridgehead atoms. The minimum atomic E-state index is -0.0146. The van der Waals surface area contributed by atoms with Crippen LogP contribution >= 0.6 is 0 Å². The van der Waals surface area contributed by atoms with Crippen LogP contribution in [-0.2, 0) is 9.53 Å². The quantitative estimate of drug-likeness (QED) is 0.762. The highest BCUT2D eigenvalue weighted by atomic mass is 16.5. The highest BCUT2D eigenvalue weighted by Gasteiger charge is 2.35. The van der Waals surface area contributed by atoms with Gasteiger partial charge in [0.15, 0.2) is 0 Å². The molecule has 1 saturated heterocycles. The van der Waals surface area contributed by atoms with E-state index < -0.39 is 0 Å². The molecule has 1 fully saturated rings. The number of amides is 1. The van der Waals surface area contributed by atoms with Crippen molar-refractivity contribution in [3.63, 3.8) is 0 Å². The molecule has 0 aromatic heterocycles. The molecular formula is C13H26N2O2. The van der Waals surface area contributed by atoms with E-state index >= 15 is 0 Å². The van der Waals surface area contributed by atoms with Gasteiger partial charge in [0.25, 0.3) is 0 Å². The van der Waals surface area contributed by atoms with Crippen LogP contribution in [-0.4, -0.2) is 49.7 Å². The van der Waals surface area contributed by atoms with E-state index in [1.165, 1.54) is 0 Å². The number of hydrogen-bond donors (Lipinski definition) is 1. The topological polar surface area (TPSA) is 41.6 Å². The zero-order chi connectivity index (χ0) is 12.8. The van der Waals surface area contributed by atoms with Gasteiger partial charge in [-0.25, -0.2) is 0 Å². The van der Waals surface area contributed by atoms with Crippen molar-refractivity contribution in [1.29, 1.82) is 0 Å². The Labute approximate surface area is 105 Å². The number of nitrogens with zero attached hydrogens (tertiary/aromatic N) is 1. The summed E-state index contributed by atoms with van der Waals surface area (Å²) in [5.74, 6) is 0.202. The third-order valence-corrected chi connectivity index (χ3v) is 3.58. The van der Waals surface area contributed by atoms with E-state index in [1.54, 1.807) is 0 Å². The molecule has 17 heavy (non-hydrogen) atoms. The van der Waals surface area contributed by atoms with Crippen LogP contribution in [0.3, 0.4) is 0 Å². The molecule has 0 saturated carbocycles. The molecule has 4 nitrogen and oxygen atoms in total. The summed E-state index contributed by atoms with van der Waals surface area (Å²) in [5, 5.41) is 3.33. The van der Waals surface area contributed by atoms with E-state index in [2.05, 4.69) is 26.1 Å². The lowest BCUT2D eigenvalue weighted by atomic mass is 10.0. The highest BCUT2D eigenvalue weighted by Crippen LogP contribution is 2.18. The van der Waals surface area contributed by atoms with Crippen LogP contribution in [0.15, 0.2) is 0 Å². The second-order valence-corrected chi connectivity index (χ2v) is 4.89.